The first-order chi connectivity index (χ1) is 13.7. The van der Waals surface area contributed by atoms with Crippen LogP contribution in [-0.4, -0.2) is 53.0 Å². The first-order valence-electron chi connectivity index (χ1n) is 10.5. The third kappa shape index (κ3) is 38.6. The molecule has 0 fully saturated rings. The van der Waals surface area contributed by atoms with Gasteiger partial charge in [-0.1, -0.05) is 64.0 Å². The number of esters is 1. The summed E-state index contributed by atoms with van der Waals surface area (Å²) in [4.78, 5) is 11.2. The number of carbonyl (C=O) groups is 1. The first kappa shape index (κ1) is 34.6. The Balaban J connectivity index is -0.000000464. The molecule has 0 bridgehead atoms. The molecule has 4 N–H and O–H groups in total. The van der Waals surface area contributed by atoms with Crippen LogP contribution in [0.5, 0.6) is 0 Å². The Morgan fingerprint density at radius 2 is 1.57 bits per heavy atom. The van der Waals surface area contributed by atoms with Gasteiger partial charge >= 0.3 is 45.9 Å². The molecule has 0 saturated carbocycles. The number of carbonyl (C=O) groups excluding carboxylic acids is 1. The molecule has 0 spiro atoms. The van der Waals surface area contributed by atoms with Crippen molar-refractivity contribution in [2.75, 3.05) is 13.2 Å². The Labute approximate surface area is 205 Å². The van der Waals surface area contributed by atoms with Crippen molar-refractivity contribution in [3.05, 3.63) is 12.2 Å². The molecule has 0 aromatic carbocycles. The number of allylic oxidation sites excluding steroid dienone is 1. The van der Waals surface area contributed by atoms with Crippen molar-refractivity contribution < 1.29 is 68.3 Å². The predicted molar refractivity (Wildman–Crippen MR) is 114 cm³/mol. The van der Waals surface area contributed by atoms with E-state index in [1.54, 1.807) is 0 Å². The fraction of sp³-hybridized carbons (Fsp3) is 0.850. The summed E-state index contributed by atoms with van der Waals surface area (Å²) in [6, 6.07) is 0. The minimum Gasteiger partial charge on any atom is -1.00 e. The molecule has 10 heteroatoms. The summed E-state index contributed by atoms with van der Waals surface area (Å²) in [5, 5.41) is 18.4. The Bertz CT molecular complexity index is 495. The van der Waals surface area contributed by atoms with Crippen LogP contribution in [0, 0.1) is 0 Å². The Morgan fingerprint density at radius 1 is 1.00 bits per heavy atom. The van der Waals surface area contributed by atoms with Gasteiger partial charge in [0.15, 0.2) is 0 Å². The van der Waals surface area contributed by atoms with Crippen molar-refractivity contribution in [3.8, 4) is 0 Å². The summed E-state index contributed by atoms with van der Waals surface area (Å²) in [6.45, 7) is 2.21. The Hall–Kier alpha value is -0.000000000000000222. The Kier molecular flexibility index (Phi) is 29.1. The molecule has 0 saturated heterocycles. The monoisotopic (exact) mass is 464 g/mol. The summed E-state index contributed by atoms with van der Waals surface area (Å²) >= 11 is 0. The molecule has 0 rings (SSSR count). The maximum Gasteiger partial charge on any atom is 1.00 e. The molecule has 0 radical (unpaired) electrons. The molecule has 8 nitrogen and oxygen atoms in total. The van der Waals surface area contributed by atoms with E-state index in [-0.39, 0.29) is 56.3 Å². The number of unbranched alkanes of at least 4 members (excludes halogenated alkanes) is 8. The van der Waals surface area contributed by atoms with Gasteiger partial charge in [0.1, 0.15) is 6.61 Å². The zero-order valence-corrected chi connectivity index (χ0v) is 21.5. The van der Waals surface area contributed by atoms with Gasteiger partial charge in [-0.25, -0.2) is 0 Å². The fourth-order valence-electron chi connectivity index (χ4n) is 2.59. The molecule has 0 aliphatic carbocycles. The average Bonchev–Trinajstić information content (AvgIpc) is 2.63. The average molecular weight is 465 g/mol. The van der Waals surface area contributed by atoms with Gasteiger partial charge in [0.2, 0.25) is 0 Å². The first-order valence-corrected chi connectivity index (χ1v) is 11.9. The molecule has 0 aliphatic heterocycles. The molecular weight excluding hydrogens is 423 g/mol. The number of hydrogen-bond donors (Lipinski definition) is 4. The van der Waals surface area contributed by atoms with Crippen molar-refractivity contribution in [2.24, 2.45) is 0 Å². The van der Waals surface area contributed by atoms with Gasteiger partial charge in [0.05, 0.1) is 12.7 Å². The largest absolute Gasteiger partial charge is 1.00 e. The fourth-order valence-corrected chi connectivity index (χ4v) is 2.59. The summed E-state index contributed by atoms with van der Waals surface area (Å²) in [5.74, 6) is -0.208. The second-order valence-corrected chi connectivity index (χ2v) is 7.80. The molecule has 0 aromatic heterocycles. The van der Waals surface area contributed by atoms with Gasteiger partial charge < -0.3 is 16.4 Å². The van der Waals surface area contributed by atoms with Crippen LogP contribution in [0.2, 0.25) is 0 Å². The van der Waals surface area contributed by atoms with Gasteiger partial charge in [-0.2, -0.15) is 8.42 Å². The molecule has 0 aliphatic rings. The summed E-state index contributed by atoms with van der Waals surface area (Å²) in [7, 11) is -4.67. The molecule has 0 heterocycles. The molecule has 0 unspecified atom stereocenters. The number of ether oxygens (including phenoxy) is 1. The SMILES string of the molecule is CCCCCC[C@@H](O)C/C=C\CCCCCCCC(=O)OCCO.O=S(=O)(O)O.[H-].[Na+]. The Morgan fingerprint density at radius 3 is 2.17 bits per heavy atom. The van der Waals surface area contributed by atoms with Crippen LogP contribution < -0.4 is 29.6 Å². The molecule has 0 amide bonds. The van der Waals surface area contributed by atoms with E-state index >= 15 is 0 Å². The number of aliphatic hydroxyl groups is 2. The molecule has 1 atom stereocenters. The summed E-state index contributed by atoms with van der Waals surface area (Å²) in [6.07, 6.45) is 17.6. The normalized spacial score (nSPS) is 12.0. The summed E-state index contributed by atoms with van der Waals surface area (Å²) < 4.78 is 36.4. The molecule has 30 heavy (non-hydrogen) atoms. The van der Waals surface area contributed by atoms with Crippen molar-refractivity contribution in [1.82, 2.24) is 0 Å². The second-order valence-electron chi connectivity index (χ2n) is 6.91. The van der Waals surface area contributed by atoms with Crippen LogP contribution in [0.4, 0.5) is 0 Å². The van der Waals surface area contributed by atoms with Crippen molar-refractivity contribution in [2.45, 2.75) is 96.5 Å². The molecule has 176 valence electrons. The number of hydrogen-bond acceptors (Lipinski definition) is 6. The quantitative estimate of drug-likeness (QED) is 0.0821. The smallest absolute Gasteiger partial charge is 1.00 e. The minimum atomic E-state index is -4.67. The number of aliphatic hydroxyl groups excluding tert-OH is 2. The van der Waals surface area contributed by atoms with Gasteiger partial charge in [-0.3, -0.25) is 13.9 Å². The minimum absolute atomic E-state index is 0. The van der Waals surface area contributed by atoms with E-state index in [0.717, 1.165) is 51.4 Å². The summed E-state index contributed by atoms with van der Waals surface area (Å²) in [5.41, 5.74) is 0. The van der Waals surface area contributed by atoms with Gasteiger partial charge in [-0.05, 0) is 32.1 Å². The van der Waals surface area contributed by atoms with Crippen LogP contribution in [0.3, 0.4) is 0 Å². The predicted octanol–water partition coefficient (Wildman–Crippen LogP) is 0.994. The van der Waals surface area contributed by atoms with E-state index in [0.29, 0.717) is 6.42 Å². The topological polar surface area (TPSA) is 141 Å². The maximum absolute atomic E-state index is 11.2. The van der Waals surface area contributed by atoms with Gasteiger partial charge in [0.25, 0.3) is 0 Å². The van der Waals surface area contributed by atoms with E-state index in [1.165, 1.54) is 25.7 Å². The van der Waals surface area contributed by atoms with Gasteiger partial charge in [-0.15, -0.1) is 0 Å². The number of rotatable bonds is 17. The molecular formula is C20H41NaO8S. The zero-order chi connectivity index (χ0) is 22.4. The zero-order valence-electron chi connectivity index (χ0n) is 19.7. The molecule has 0 aromatic rings. The van der Waals surface area contributed by atoms with E-state index < -0.39 is 10.4 Å². The van der Waals surface area contributed by atoms with Crippen molar-refractivity contribution in [3.63, 3.8) is 0 Å². The van der Waals surface area contributed by atoms with E-state index in [4.69, 9.17) is 27.4 Å². The van der Waals surface area contributed by atoms with Crippen LogP contribution in [0.25, 0.3) is 0 Å². The van der Waals surface area contributed by atoms with Gasteiger partial charge in [0, 0.05) is 6.42 Å². The van der Waals surface area contributed by atoms with Crippen LogP contribution in [0.15, 0.2) is 12.2 Å². The second kappa shape index (κ2) is 25.3. The van der Waals surface area contributed by atoms with Crippen LogP contribution in [0.1, 0.15) is 91.8 Å². The standard InChI is InChI=1S/C20H38O4.Na.H2O4S.H/c1-2-3-4-11-14-19(22)15-12-9-7-5-6-8-10-13-16-20(23)24-18-17-21;;1-5(2,3)4;/h9,12,19,21-22H,2-8,10-11,13-18H2,1H3;;(H2,1,2,3,4);/q;+1;;-1/b12-9-;;;/t19-;;;/m1.../s1. The van der Waals surface area contributed by atoms with E-state index in [1.807, 2.05) is 0 Å². The third-order valence-electron chi connectivity index (χ3n) is 4.07. The van der Waals surface area contributed by atoms with Crippen molar-refractivity contribution in [1.29, 1.82) is 0 Å². The van der Waals surface area contributed by atoms with Crippen molar-refractivity contribution >= 4 is 16.4 Å². The van der Waals surface area contributed by atoms with E-state index in [2.05, 4.69) is 19.1 Å². The van der Waals surface area contributed by atoms with Crippen LogP contribution in [-0.2, 0) is 19.9 Å². The maximum atomic E-state index is 11.2. The van der Waals surface area contributed by atoms with E-state index in [9.17, 15) is 9.90 Å². The third-order valence-corrected chi connectivity index (χ3v) is 4.07. The van der Waals surface area contributed by atoms with Crippen LogP contribution >= 0.6 is 0 Å².